The number of thioether (sulfide) groups is 1. The molecule has 1 saturated heterocycles. The Labute approximate surface area is 136 Å². The van der Waals surface area contributed by atoms with E-state index in [1.165, 1.54) is 12.1 Å². The van der Waals surface area contributed by atoms with Crippen LogP contribution in [0.1, 0.15) is 5.56 Å². The average Bonchev–Trinajstić information content (AvgIpc) is 2.75. The minimum atomic E-state index is -0.388. The van der Waals surface area contributed by atoms with Crippen LogP contribution in [-0.4, -0.2) is 16.3 Å². The lowest BCUT2D eigenvalue weighted by atomic mass is 10.2. The smallest absolute Gasteiger partial charge is 0.298 e. The van der Waals surface area contributed by atoms with Crippen LogP contribution < -0.4 is 4.90 Å². The fourth-order valence-electron chi connectivity index (χ4n) is 2.05. The molecular weight excluding hydrogens is 322 g/mol. The van der Waals surface area contributed by atoms with Gasteiger partial charge >= 0.3 is 0 Å². The summed E-state index contributed by atoms with van der Waals surface area (Å²) in [6.07, 6.45) is 1.58. The first-order valence-corrected chi connectivity index (χ1v) is 7.56. The normalized spacial score (nSPS) is 16.6. The van der Waals surface area contributed by atoms with Gasteiger partial charge in [0.15, 0.2) is 0 Å². The third-order valence-electron chi connectivity index (χ3n) is 3.05. The third kappa shape index (κ3) is 2.86. The molecular formula is C16H10ClNO3S. The SMILES string of the molecule is O=C1S/C(=C\c2cccc(O)c2)C(=O)N1c1ccc(Cl)cc1. The van der Waals surface area contributed by atoms with Crippen molar-refractivity contribution in [2.75, 3.05) is 4.90 Å². The van der Waals surface area contributed by atoms with Gasteiger partial charge in [0.05, 0.1) is 10.6 Å². The summed E-state index contributed by atoms with van der Waals surface area (Å²) in [6, 6.07) is 13.0. The highest BCUT2D eigenvalue weighted by molar-refractivity contribution is 8.19. The van der Waals surface area contributed by atoms with Crippen molar-refractivity contribution in [3.05, 3.63) is 64.0 Å². The number of hydrogen-bond acceptors (Lipinski definition) is 4. The fraction of sp³-hybridized carbons (Fsp3) is 0. The van der Waals surface area contributed by atoms with Crippen LogP contribution in [0.15, 0.2) is 53.4 Å². The third-order valence-corrected chi connectivity index (χ3v) is 4.17. The molecule has 1 heterocycles. The zero-order valence-corrected chi connectivity index (χ0v) is 12.8. The maximum atomic E-state index is 12.4. The first kappa shape index (κ1) is 14.7. The molecule has 6 heteroatoms. The number of carbonyl (C=O) groups is 2. The number of phenols is 1. The molecule has 3 rings (SSSR count). The quantitative estimate of drug-likeness (QED) is 0.834. The average molecular weight is 332 g/mol. The number of hydrogen-bond donors (Lipinski definition) is 1. The van der Waals surface area contributed by atoms with Crippen LogP contribution >= 0.6 is 23.4 Å². The number of nitrogens with zero attached hydrogens (tertiary/aromatic N) is 1. The van der Waals surface area contributed by atoms with Crippen LogP contribution in [0.2, 0.25) is 5.02 Å². The topological polar surface area (TPSA) is 57.6 Å². The van der Waals surface area contributed by atoms with E-state index in [-0.39, 0.29) is 16.9 Å². The molecule has 0 bridgehead atoms. The van der Waals surface area contributed by atoms with Gasteiger partial charge in [-0.25, -0.2) is 4.90 Å². The van der Waals surface area contributed by atoms with Crippen molar-refractivity contribution in [2.24, 2.45) is 0 Å². The van der Waals surface area contributed by atoms with Gasteiger partial charge in [-0.3, -0.25) is 9.59 Å². The van der Waals surface area contributed by atoms with Crippen molar-refractivity contribution >= 4 is 46.3 Å². The Morgan fingerprint density at radius 2 is 1.82 bits per heavy atom. The molecule has 0 aliphatic carbocycles. The van der Waals surface area contributed by atoms with Crippen molar-refractivity contribution in [1.82, 2.24) is 0 Å². The van der Waals surface area contributed by atoms with Gasteiger partial charge in [0, 0.05) is 5.02 Å². The van der Waals surface area contributed by atoms with Crippen LogP contribution in [-0.2, 0) is 4.79 Å². The highest BCUT2D eigenvalue weighted by Crippen LogP contribution is 2.36. The van der Waals surface area contributed by atoms with Gasteiger partial charge in [-0.2, -0.15) is 0 Å². The summed E-state index contributed by atoms with van der Waals surface area (Å²) in [6.45, 7) is 0. The van der Waals surface area contributed by atoms with Gasteiger partial charge in [0.25, 0.3) is 11.1 Å². The number of aromatic hydroxyl groups is 1. The van der Waals surface area contributed by atoms with Crippen molar-refractivity contribution in [3.8, 4) is 5.75 Å². The first-order chi connectivity index (χ1) is 10.5. The largest absolute Gasteiger partial charge is 0.508 e. The van der Waals surface area contributed by atoms with Crippen LogP contribution in [0.5, 0.6) is 5.75 Å². The summed E-state index contributed by atoms with van der Waals surface area (Å²) in [5, 5.41) is 9.62. The second-order valence-electron chi connectivity index (χ2n) is 4.59. The monoisotopic (exact) mass is 331 g/mol. The number of carbonyl (C=O) groups excluding carboxylic acids is 2. The summed E-state index contributed by atoms with van der Waals surface area (Å²) in [4.78, 5) is 25.9. The maximum Gasteiger partial charge on any atom is 0.298 e. The first-order valence-electron chi connectivity index (χ1n) is 6.37. The van der Waals surface area contributed by atoms with Crippen molar-refractivity contribution in [3.63, 3.8) is 0 Å². The lowest BCUT2D eigenvalue weighted by Crippen LogP contribution is -2.27. The van der Waals surface area contributed by atoms with Gasteiger partial charge in [-0.15, -0.1) is 0 Å². The predicted octanol–water partition coefficient (Wildman–Crippen LogP) is 4.29. The highest BCUT2D eigenvalue weighted by atomic mass is 35.5. The zero-order valence-electron chi connectivity index (χ0n) is 11.2. The fourth-order valence-corrected chi connectivity index (χ4v) is 3.01. The van der Waals surface area contributed by atoms with Gasteiger partial charge in [0.1, 0.15) is 5.75 Å². The number of phenolic OH excluding ortho intramolecular Hbond substituents is 1. The van der Waals surface area contributed by atoms with E-state index in [0.717, 1.165) is 16.7 Å². The molecule has 0 spiro atoms. The van der Waals surface area contributed by atoms with E-state index in [1.54, 1.807) is 42.5 Å². The van der Waals surface area contributed by atoms with Gasteiger partial charge in [-0.1, -0.05) is 23.7 Å². The standard InChI is InChI=1S/C16H10ClNO3S/c17-11-4-6-12(7-5-11)18-15(20)14(22-16(18)21)9-10-2-1-3-13(19)8-10/h1-9,19H/b14-9-. The second kappa shape index (κ2) is 5.87. The summed E-state index contributed by atoms with van der Waals surface area (Å²) >= 11 is 6.68. The summed E-state index contributed by atoms with van der Waals surface area (Å²) < 4.78 is 0. The van der Waals surface area contributed by atoms with E-state index >= 15 is 0 Å². The maximum absolute atomic E-state index is 12.4. The predicted molar refractivity (Wildman–Crippen MR) is 88.0 cm³/mol. The van der Waals surface area contributed by atoms with Crippen molar-refractivity contribution < 1.29 is 14.7 Å². The molecule has 2 amide bonds. The molecule has 2 aromatic carbocycles. The highest BCUT2D eigenvalue weighted by Gasteiger charge is 2.36. The van der Waals surface area contributed by atoms with E-state index in [4.69, 9.17) is 11.6 Å². The summed E-state index contributed by atoms with van der Waals surface area (Å²) in [5.74, 6) is -0.286. The van der Waals surface area contributed by atoms with E-state index in [0.29, 0.717) is 21.2 Å². The van der Waals surface area contributed by atoms with Crippen LogP contribution in [0.4, 0.5) is 10.5 Å². The van der Waals surface area contributed by atoms with Crippen molar-refractivity contribution in [2.45, 2.75) is 0 Å². The minimum Gasteiger partial charge on any atom is -0.508 e. The van der Waals surface area contributed by atoms with Gasteiger partial charge < -0.3 is 5.11 Å². The molecule has 0 atom stereocenters. The molecule has 4 nitrogen and oxygen atoms in total. The minimum absolute atomic E-state index is 0.102. The molecule has 2 aromatic rings. The molecule has 0 radical (unpaired) electrons. The van der Waals surface area contributed by atoms with Gasteiger partial charge in [-0.05, 0) is 59.8 Å². The molecule has 22 heavy (non-hydrogen) atoms. The Kier molecular flexibility index (Phi) is 3.92. The Hall–Kier alpha value is -2.24. The van der Waals surface area contributed by atoms with Crippen LogP contribution in [0.25, 0.3) is 6.08 Å². The number of anilines is 1. The van der Waals surface area contributed by atoms with Crippen LogP contribution in [0.3, 0.4) is 0 Å². The molecule has 1 aliphatic heterocycles. The molecule has 0 saturated carbocycles. The number of halogens is 1. The van der Waals surface area contributed by atoms with E-state index < -0.39 is 0 Å². The zero-order chi connectivity index (χ0) is 15.7. The lowest BCUT2D eigenvalue weighted by molar-refractivity contribution is -0.113. The molecule has 1 N–H and O–H groups in total. The Balaban J connectivity index is 1.93. The van der Waals surface area contributed by atoms with Crippen molar-refractivity contribution in [1.29, 1.82) is 0 Å². The summed E-state index contributed by atoms with van der Waals surface area (Å²) in [5.41, 5.74) is 1.13. The number of imide groups is 1. The van der Waals surface area contributed by atoms with Gasteiger partial charge in [0.2, 0.25) is 0 Å². The Bertz CT molecular complexity index is 786. The van der Waals surface area contributed by atoms with Crippen LogP contribution in [0, 0.1) is 0 Å². The number of amides is 2. The Morgan fingerprint density at radius 3 is 2.50 bits per heavy atom. The number of benzene rings is 2. The van der Waals surface area contributed by atoms with E-state index in [2.05, 4.69) is 0 Å². The molecule has 110 valence electrons. The van der Waals surface area contributed by atoms with E-state index in [1.807, 2.05) is 0 Å². The molecule has 1 aliphatic rings. The molecule has 1 fully saturated rings. The second-order valence-corrected chi connectivity index (χ2v) is 6.02. The number of rotatable bonds is 2. The van der Waals surface area contributed by atoms with E-state index in [9.17, 15) is 14.7 Å². The molecule has 0 unspecified atom stereocenters. The Morgan fingerprint density at radius 1 is 1.09 bits per heavy atom. The lowest BCUT2D eigenvalue weighted by Gasteiger charge is -2.12. The summed E-state index contributed by atoms with van der Waals surface area (Å²) in [7, 11) is 0. The molecule has 0 aromatic heterocycles.